The number of carbonyl (C=O) groups excluding carboxylic acids is 1. The second kappa shape index (κ2) is 10.9. The summed E-state index contributed by atoms with van der Waals surface area (Å²) in [5, 5.41) is 3.51. The molecule has 0 spiro atoms. The minimum absolute atomic E-state index is 0.116. The van der Waals surface area contributed by atoms with Crippen LogP contribution in [0, 0.1) is 11.8 Å². The molecule has 3 atom stereocenters. The molecule has 178 valence electrons. The van der Waals surface area contributed by atoms with Crippen molar-refractivity contribution in [1.29, 1.82) is 0 Å². The zero-order valence-electron chi connectivity index (χ0n) is 19.5. The van der Waals surface area contributed by atoms with Crippen molar-refractivity contribution in [2.45, 2.75) is 65.1 Å². The number of aryl methyl sites for hydroxylation is 1. The molecule has 2 N–H and O–H groups in total. The number of hydrogen-bond acceptors (Lipinski definition) is 1. The number of rotatable bonds is 3. The Morgan fingerprint density at radius 3 is 2.18 bits per heavy atom. The van der Waals surface area contributed by atoms with Crippen LogP contribution in [0.3, 0.4) is 0 Å². The van der Waals surface area contributed by atoms with Crippen LogP contribution < -0.4 is 5.32 Å². The predicted octanol–water partition coefficient (Wildman–Crippen LogP) is 7.38. The smallest absolute Gasteiger partial charge is 0.351 e. The number of hydrogen-bond donors (Lipinski definition) is 2. The Morgan fingerprint density at radius 2 is 1.64 bits per heavy atom. The largest absolute Gasteiger partial charge is 0.431 e. The fraction of sp³-hybridized carbons (Fsp3) is 0.444. The van der Waals surface area contributed by atoms with E-state index in [1.54, 1.807) is 12.1 Å². The molecule has 1 heterocycles. The second-order valence-corrected chi connectivity index (χ2v) is 9.25. The average molecular weight is 459 g/mol. The van der Waals surface area contributed by atoms with Gasteiger partial charge < -0.3 is 10.3 Å². The summed E-state index contributed by atoms with van der Waals surface area (Å²) in [4.78, 5) is 14.9. The van der Waals surface area contributed by atoms with Crippen molar-refractivity contribution in [1.82, 2.24) is 10.3 Å². The monoisotopic (exact) mass is 458 g/mol. The lowest BCUT2D eigenvalue weighted by Crippen LogP contribution is -2.36. The summed E-state index contributed by atoms with van der Waals surface area (Å²) in [5.41, 5.74) is 1.31. The van der Waals surface area contributed by atoms with Crippen molar-refractivity contribution in [3.63, 3.8) is 0 Å². The summed E-state index contributed by atoms with van der Waals surface area (Å²) in [7, 11) is 0. The summed E-state index contributed by atoms with van der Waals surface area (Å²) >= 11 is 0. The van der Waals surface area contributed by atoms with Gasteiger partial charge in [0.2, 0.25) is 0 Å². The van der Waals surface area contributed by atoms with Crippen molar-refractivity contribution in [2.75, 3.05) is 0 Å². The molecule has 1 saturated carbocycles. The van der Waals surface area contributed by atoms with E-state index in [1.807, 2.05) is 6.07 Å². The Hall–Kier alpha value is -2.76. The number of H-pyrrole nitrogens is 1. The van der Waals surface area contributed by atoms with Crippen molar-refractivity contribution in [3.8, 4) is 0 Å². The number of fused-ring (bicyclic) bond motifs is 1. The third-order valence-corrected chi connectivity index (χ3v) is 6.30. The third kappa shape index (κ3) is 7.11. The maximum Gasteiger partial charge on any atom is 0.431 e. The lowest BCUT2D eigenvalue weighted by atomic mass is 9.99. The Labute approximate surface area is 193 Å². The maximum atomic E-state index is 12.8. The standard InChI is InChI=1S/C19H23F3N2O.C8H10/c1-11-3-4-12(2)8-15(7-11)23-18(25)14-6-5-13-10-17(19(20,21)22)24-16(13)9-14;1-2-8-6-4-3-5-7-8/h5-6,9-12,15,24H,3-4,7-8H2,1-2H3,(H,23,25);3-7H,2H2,1H3/t11-,12+,15?;. The van der Waals surface area contributed by atoms with Gasteiger partial charge in [0.1, 0.15) is 5.69 Å². The molecule has 0 saturated heterocycles. The molecule has 33 heavy (non-hydrogen) atoms. The van der Waals surface area contributed by atoms with E-state index in [-0.39, 0.29) is 11.9 Å². The van der Waals surface area contributed by atoms with Gasteiger partial charge in [-0.1, -0.05) is 70.0 Å². The van der Waals surface area contributed by atoms with Crippen LogP contribution in [0.15, 0.2) is 54.6 Å². The van der Waals surface area contributed by atoms with E-state index >= 15 is 0 Å². The van der Waals surface area contributed by atoms with Crippen LogP contribution in [0.1, 0.15) is 68.1 Å². The lowest BCUT2D eigenvalue weighted by molar-refractivity contribution is -0.140. The first-order valence-corrected chi connectivity index (χ1v) is 11.7. The molecule has 1 aliphatic rings. The van der Waals surface area contributed by atoms with Crippen LogP contribution in [0.2, 0.25) is 0 Å². The van der Waals surface area contributed by atoms with Crippen molar-refractivity contribution in [2.24, 2.45) is 11.8 Å². The molecule has 6 heteroatoms. The van der Waals surface area contributed by atoms with Crippen LogP contribution in [-0.2, 0) is 12.6 Å². The van der Waals surface area contributed by atoms with E-state index in [0.29, 0.717) is 28.3 Å². The van der Waals surface area contributed by atoms with Crippen LogP contribution in [-0.4, -0.2) is 16.9 Å². The van der Waals surface area contributed by atoms with Crippen LogP contribution in [0.25, 0.3) is 10.9 Å². The van der Waals surface area contributed by atoms with E-state index in [9.17, 15) is 18.0 Å². The molecule has 3 aromatic rings. The molecule has 1 aromatic heterocycles. The van der Waals surface area contributed by atoms with Gasteiger partial charge in [-0.3, -0.25) is 4.79 Å². The average Bonchev–Trinajstić information content (AvgIpc) is 3.16. The zero-order chi connectivity index (χ0) is 24.0. The maximum absolute atomic E-state index is 12.8. The van der Waals surface area contributed by atoms with Gasteiger partial charge in [0.05, 0.1) is 0 Å². The molecule has 4 rings (SSSR count). The molecule has 0 radical (unpaired) electrons. The number of halogens is 3. The highest BCUT2D eigenvalue weighted by atomic mass is 19.4. The Morgan fingerprint density at radius 1 is 1.00 bits per heavy atom. The molecule has 0 bridgehead atoms. The summed E-state index contributed by atoms with van der Waals surface area (Å²) in [6, 6.07) is 16.3. The SMILES string of the molecule is CCc1ccccc1.C[C@@H]1CC[C@H](C)CC(NC(=O)c2ccc3cc(C(F)(F)F)[nH]c3c2)C1. The van der Waals surface area contributed by atoms with E-state index in [0.717, 1.165) is 25.3 Å². The molecule has 0 aliphatic heterocycles. The number of benzene rings is 2. The highest BCUT2D eigenvalue weighted by Crippen LogP contribution is 2.31. The Kier molecular flexibility index (Phi) is 8.22. The van der Waals surface area contributed by atoms with Crippen LogP contribution in [0.4, 0.5) is 13.2 Å². The normalized spacial score (nSPS) is 21.1. The number of carbonyl (C=O) groups is 1. The van der Waals surface area contributed by atoms with Crippen molar-refractivity contribution in [3.05, 3.63) is 71.4 Å². The summed E-state index contributed by atoms with van der Waals surface area (Å²) < 4.78 is 38.4. The highest BCUT2D eigenvalue weighted by Gasteiger charge is 2.32. The summed E-state index contributed by atoms with van der Waals surface area (Å²) in [6.07, 6.45) is 0.942. The fourth-order valence-electron chi connectivity index (χ4n) is 4.39. The van der Waals surface area contributed by atoms with Crippen molar-refractivity contribution < 1.29 is 18.0 Å². The zero-order valence-corrected chi connectivity index (χ0v) is 19.5. The quantitative estimate of drug-likeness (QED) is 0.395. The molecular formula is C27H33F3N2O. The number of aromatic nitrogens is 1. The molecule has 1 aliphatic carbocycles. The van der Waals surface area contributed by atoms with Gasteiger partial charge in [-0.2, -0.15) is 13.2 Å². The van der Waals surface area contributed by atoms with E-state index in [2.05, 4.69) is 55.3 Å². The number of amides is 1. The van der Waals surface area contributed by atoms with E-state index in [4.69, 9.17) is 0 Å². The number of alkyl halides is 3. The third-order valence-electron chi connectivity index (χ3n) is 6.30. The molecule has 1 amide bonds. The molecule has 3 nitrogen and oxygen atoms in total. The molecule has 1 fully saturated rings. The van der Waals surface area contributed by atoms with Gasteiger partial charge >= 0.3 is 6.18 Å². The fourth-order valence-corrected chi connectivity index (χ4v) is 4.39. The summed E-state index contributed by atoms with van der Waals surface area (Å²) in [5.74, 6) is 0.905. The van der Waals surface area contributed by atoms with E-state index < -0.39 is 11.9 Å². The van der Waals surface area contributed by atoms with Crippen molar-refractivity contribution >= 4 is 16.8 Å². The first-order valence-electron chi connectivity index (χ1n) is 11.7. The van der Waals surface area contributed by atoms with Gasteiger partial charge in [-0.05, 0) is 54.9 Å². The van der Waals surface area contributed by atoms with Gasteiger partial charge in [-0.25, -0.2) is 0 Å². The summed E-state index contributed by atoms with van der Waals surface area (Å²) in [6.45, 7) is 6.55. The predicted molar refractivity (Wildman–Crippen MR) is 127 cm³/mol. The second-order valence-electron chi connectivity index (χ2n) is 9.25. The van der Waals surface area contributed by atoms with E-state index in [1.165, 1.54) is 24.5 Å². The van der Waals surface area contributed by atoms with Gasteiger partial charge in [0.25, 0.3) is 5.91 Å². The van der Waals surface area contributed by atoms with Crippen LogP contribution in [0.5, 0.6) is 0 Å². The topological polar surface area (TPSA) is 44.9 Å². The Bertz CT molecular complexity index is 1030. The molecular weight excluding hydrogens is 425 g/mol. The molecule has 1 unspecified atom stereocenters. The minimum Gasteiger partial charge on any atom is -0.351 e. The minimum atomic E-state index is -4.42. The molecule has 2 aromatic carbocycles. The van der Waals surface area contributed by atoms with Gasteiger partial charge in [0.15, 0.2) is 0 Å². The van der Waals surface area contributed by atoms with Crippen LogP contribution >= 0.6 is 0 Å². The lowest BCUT2D eigenvalue weighted by Gasteiger charge is -2.20. The highest BCUT2D eigenvalue weighted by molar-refractivity contribution is 5.98. The first kappa shape index (κ1) is 24.9. The van der Waals surface area contributed by atoms with Gasteiger partial charge in [-0.15, -0.1) is 0 Å². The first-order chi connectivity index (χ1) is 15.7. The van der Waals surface area contributed by atoms with Gasteiger partial charge in [0, 0.05) is 22.5 Å². The number of nitrogens with one attached hydrogen (secondary N) is 2. The Balaban J connectivity index is 0.000000323. The number of aromatic amines is 1.